The normalized spacial score (nSPS) is 10.4. The molecule has 0 heterocycles. The van der Waals surface area contributed by atoms with Gasteiger partial charge in [-0.15, -0.1) is 0 Å². The highest BCUT2D eigenvalue weighted by Crippen LogP contribution is 2.14. The van der Waals surface area contributed by atoms with E-state index in [1.807, 2.05) is 19.1 Å². The molecule has 0 aliphatic rings. The number of benzene rings is 2. The van der Waals surface area contributed by atoms with E-state index in [4.69, 9.17) is 9.47 Å². The average Bonchev–Trinajstić information content (AvgIpc) is 2.60. The topological polar surface area (TPSA) is 64.6 Å². The maximum atomic E-state index is 12.0. The van der Waals surface area contributed by atoms with Crippen molar-refractivity contribution < 1.29 is 19.1 Å². The molecular weight excluding hydrogens is 318 g/mol. The van der Waals surface area contributed by atoms with Crippen LogP contribution >= 0.6 is 0 Å². The maximum Gasteiger partial charge on any atom is 0.338 e. The number of esters is 1. The first-order valence-electron chi connectivity index (χ1n) is 8.20. The van der Waals surface area contributed by atoms with Crippen LogP contribution in [0, 0.1) is 12.8 Å². The number of carbonyl (C=O) groups excluding carboxylic acids is 2. The molecule has 0 spiro atoms. The third-order valence-corrected chi connectivity index (χ3v) is 3.34. The SMILES string of the molecule is Cc1ccc(NC(=O)COC(=O)c2ccc(OCC(C)C)cc2)cc1. The molecule has 5 heteroatoms. The van der Waals surface area contributed by atoms with Gasteiger partial charge in [0.1, 0.15) is 5.75 Å². The molecule has 0 bridgehead atoms. The predicted molar refractivity (Wildman–Crippen MR) is 96.9 cm³/mol. The zero-order valence-electron chi connectivity index (χ0n) is 14.7. The van der Waals surface area contributed by atoms with E-state index in [9.17, 15) is 9.59 Å². The molecule has 5 nitrogen and oxygen atoms in total. The van der Waals surface area contributed by atoms with Gasteiger partial charge >= 0.3 is 5.97 Å². The number of ether oxygens (including phenoxy) is 2. The molecule has 0 atom stereocenters. The molecule has 0 saturated carbocycles. The van der Waals surface area contributed by atoms with Gasteiger partial charge in [-0.2, -0.15) is 0 Å². The number of hydrogen-bond acceptors (Lipinski definition) is 4. The summed E-state index contributed by atoms with van der Waals surface area (Å²) in [7, 11) is 0. The molecule has 2 rings (SSSR count). The number of hydrogen-bond donors (Lipinski definition) is 1. The highest BCUT2D eigenvalue weighted by atomic mass is 16.5. The van der Waals surface area contributed by atoms with E-state index in [1.54, 1.807) is 36.4 Å². The lowest BCUT2D eigenvalue weighted by atomic mass is 10.2. The van der Waals surface area contributed by atoms with Crippen molar-refractivity contribution in [3.63, 3.8) is 0 Å². The largest absolute Gasteiger partial charge is 0.493 e. The maximum absolute atomic E-state index is 12.0. The van der Waals surface area contributed by atoms with E-state index in [0.29, 0.717) is 29.5 Å². The van der Waals surface area contributed by atoms with Crippen molar-refractivity contribution in [2.75, 3.05) is 18.5 Å². The standard InChI is InChI=1S/C20H23NO4/c1-14(2)12-24-18-10-6-16(7-11-18)20(23)25-13-19(22)21-17-8-4-15(3)5-9-17/h4-11,14H,12-13H2,1-3H3,(H,21,22). The summed E-state index contributed by atoms with van der Waals surface area (Å²) in [5.74, 6) is 0.197. The zero-order valence-corrected chi connectivity index (χ0v) is 14.7. The number of carbonyl (C=O) groups is 2. The third-order valence-electron chi connectivity index (χ3n) is 3.34. The minimum atomic E-state index is -0.547. The Labute approximate surface area is 148 Å². The molecule has 0 unspecified atom stereocenters. The summed E-state index contributed by atoms with van der Waals surface area (Å²) in [6, 6.07) is 14.0. The second-order valence-corrected chi connectivity index (χ2v) is 6.22. The first kappa shape index (κ1) is 18.5. The van der Waals surface area contributed by atoms with E-state index in [-0.39, 0.29) is 12.5 Å². The van der Waals surface area contributed by atoms with Crippen LogP contribution in [0.4, 0.5) is 5.69 Å². The van der Waals surface area contributed by atoms with Crippen molar-refractivity contribution in [2.24, 2.45) is 5.92 Å². The predicted octanol–water partition coefficient (Wildman–Crippen LogP) is 3.83. The van der Waals surface area contributed by atoms with E-state index < -0.39 is 5.97 Å². The number of rotatable bonds is 7. The number of amides is 1. The molecule has 0 aliphatic heterocycles. The molecule has 132 valence electrons. The monoisotopic (exact) mass is 341 g/mol. The highest BCUT2D eigenvalue weighted by molar-refractivity contribution is 5.95. The number of nitrogens with one attached hydrogen (secondary N) is 1. The summed E-state index contributed by atoms with van der Waals surface area (Å²) >= 11 is 0. The van der Waals surface area contributed by atoms with Gasteiger partial charge in [-0.25, -0.2) is 4.79 Å². The van der Waals surface area contributed by atoms with Crippen LogP contribution in [0.2, 0.25) is 0 Å². The molecule has 0 radical (unpaired) electrons. The van der Waals surface area contributed by atoms with Gasteiger partial charge < -0.3 is 14.8 Å². The molecule has 0 fully saturated rings. The molecule has 1 N–H and O–H groups in total. The van der Waals surface area contributed by atoms with E-state index in [1.165, 1.54) is 0 Å². The minimum absolute atomic E-state index is 0.335. The Hall–Kier alpha value is -2.82. The molecule has 0 saturated heterocycles. The highest BCUT2D eigenvalue weighted by Gasteiger charge is 2.10. The third kappa shape index (κ3) is 6.30. The Kier molecular flexibility index (Phi) is 6.57. The first-order chi connectivity index (χ1) is 11.9. The molecule has 1 amide bonds. The van der Waals surface area contributed by atoms with Gasteiger partial charge in [0.15, 0.2) is 6.61 Å². The Morgan fingerprint density at radius 3 is 2.24 bits per heavy atom. The van der Waals surface area contributed by atoms with Crippen LogP contribution in [-0.4, -0.2) is 25.1 Å². The van der Waals surface area contributed by atoms with Gasteiger partial charge in [-0.3, -0.25) is 4.79 Å². The lowest BCUT2D eigenvalue weighted by molar-refractivity contribution is -0.119. The van der Waals surface area contributed by atoms with Gasteiger partial charge in [-0.05, 0) is 49.2 Å². The van der Waals surface area contributed by atoms with Gasteiger partial charge in [0.2, 0.25) is 0 Å². The molecule has 0 aliphatic carbocycles. The zero-order chi connectivity index (χ0) is 18.2. The second kappa shape index (κ2) is 8.87. The quantitative estimate of drug-likeness (QED) is 0.778. The second-order valence-electron chi connectivity index (χ2n) is 6.22. The Balaban J connectivity index is 1.81. The van der Waals surface area contributed by atoms with Crippen LogP contribution in [-0.2, 0) is 9.53 Å². The van der Waals surface area contributed by atoms with Crippen molar-refractivity contribution in [1.29, 1.82) is 0 Å². The van der Waals surface area contributed by atoms with Gasteiger partial charge in [0.25, 0.3) is 5.91 Å². The van der Waals surface area contributed by atoms with Crippen molar-refractivity contribution in [3.05, 3.63) is 59.7 Å². The van der Waals surface area contributed by atoms with Crippen LogP contribution in [0.15, 0.2) is 48.5 Å². The molecule has 2 aromatic rings. The molecule has 0 aromatic heterocycles. The summed E-state index contributed by atoms with van der Waals surface area (Å²) < 4.78 is 10.6. The lowest BCUT2D eigenvalue weighted by Crippen LogP contribution is -2.20. The Morgan fingerprint density at radius 1 is 1.00 bits per heavy atom. The average molecular weight is 341 g/mol. The molecule has 2 aromatic carbocycles. The fourth-order valence-electron chi connectivity index (χ4n) is 2.00. The van der Waals surface area contributed by atoms with Crippen molar-refractivity contribution in [1.82, 2.24) is 0 Å². The van der Waals surface area contributed by atoms with Crippen molar-refractivity contribution >= 4 is 17.6 Å². The van der Waals surface area contributed by atoms with Crippen LogP contribution in [0.3, 0.4) is 0 Å². The van der Waals surface area contributed by atoms with Crippen LogP contribution in [0.1, 0.15) is 29.8 Å². The Bertz CT molecular complexity index is 705. The number of aryl methyl sites for hydroxylation is 1. The van der Waals surface area contributed by atoms with Crippen molar-refractivity contribution in [2.45, 2.75) is 20.8 Å². The lowest BCUT2D eigenvalue weighted by Gasteiger charge is -2.09. The fourth-order valence-corrected chi connectivity index (χ4v) is 2.00. The molecular formula is C20H23NO4. The summed E-state index contributed by atoms with van der Waals surface area (Å²) in [4.78, 5) is 23.8. The summed E-state index contributed by atoms with van der Waals surface area (Å²) in [6.07, 6.45) is 0. The van der Waals surface area contributed by atoms with Crippen molar-refractivity contribution in [3.8, 4) is 5.75 Å². The summed E-state index contributed by atoms with van der Waals surface area (Å²) in [5.41, 5.74) is 2.14. The smallest absolute Gasteiger partial charge is 0.338 e. The van der Waals surface area contributed by atoms with E-state index in [2.05, 4.69) is 19.2 Å². The number of anilines is 1. The van der Waals surface area contributed by atoms with Gasteiger partial charge in [0, 0.05) is 5.69 Å². The van der Waals surface area contributed by atoms with E-state index in [0.717, 1.165) is 5.56 Å². The summed E-state index contributed by atoms with van der Waals surface area (Å²) in [5, 5.41) is 2.68. The van der Waals surface area contributed by atoms with E-state index >= 15 is 0 Å². The fraction of sp³-hybridized carbons (Fsp3) is 0.300. The summed E-state index contributed by atoms with van der Waals surface area (Å²) in [6.45, 7) is 6.37. The van der Waals surface area contributed by atoms with Crippen LogP contribution in [0.5, 0.6) is 5.75 Å². The van der Waals surface area contributed by atoms with Gasteiger partial charge in [-0.1, -0.05) is 31.5 Å². The Morgan fingerprint density at radius 2 is 1.64 bits per heavy atom. The first-order valence-corrected chi connectivity index (χ1v) is 8.20. The molecule has 25 heavy (non-hydrogen) atoms. The van der Waals surface area contributed by atoms with Crippen LogP contribution < -0.4 is 10.1 Å². The van der Waals surface area contributed by atoms with Crippen LogP contribution in [0.25, 0.3) is 0 Å². The minimum Gasteiger partial charge on any atom is -0.493 e. The van der Waals surface area contributed by atoms with Gasteiger partial charge in [0.05, 0.1) is 12.2 Å².